The first-order valence-corrected chi connectivity index (χ1v) is 9.98. The van der Waals surface area contributed by atoms with Gasteiger partial charge in [0.05, 0.1) is 6.04 Å². The number of hydrogen-bond donors (Lipinski definition) is 2. The van der Waals surface area contributed by atoms with Crippen molar-refractivity contribution in [3.63, 3.8) is 0 Å². The molecule has 0 fully saturated rings. The summed E-state index contributed by atoms with van der Waals surface area (Å²) in [5.41, 5.74) is 2.90. The van der Waals surface area contributed by atoms with E-state index in [1.165, 1.54) is 0 Å². The zero-order valence-corrected chi connectivity index (χ0v) is 17.8. The molecule has 0 radical (unpaired) electrons. The molecule has 0 aliphatic rings. The van der Waals surface area contributed by atoms with Crippen LogP contribution in [0, 0.1) is 11.7 Å². The summed E-state index contributed by atoms with van der Waals surface area (Å²) in [6.07, 6.45) is 0.266. The maximum absolute atomic E-state index is 12.5. The second kappa shape index (κ2) is 8.90. The third-order valence-electron chi connectivity index (χ3n) is 4.40. The molecule has 0 unspecified atom stereocenters. The summed E-state index contributed by atoms with van der Waals surface area (Å²) < 4.78 is 2.32. The van der Waals surface area contributed by atoms with E-state index in [-0.39, 0.29) is 18.4 Å². The van der Waals surface area contributed by atoms with Gasteiger partial charge in [-0.2, -0.15) is 5.10 Å². The first-order valence-electron chi connectivity index (χ1n) is 8.81. The van der Waals surface area contributed by atoms with Crippen molar-refractivity contribution in [3.05, 3.63) is 68.4 Å². The van der Waals surface area contributed by atoms with Crippen molar-refractivity contribution in [1.29, 1.82) is 0 Å². The van der Waals surface area contributed by atoms with E-state index in [1.807, 2.05) is 48.7 Å². The number of nitrogens with one attached hydrogen (secondary N) is 2. The predicted octanol–water partition coefficient (Wildman–Crippen LogP) is 5.49. The molecule has 0 saturated heterocycles. The molecule has 0 spiro atoms. The van der Waals surface area contributed by atoms with Crippen molar-refractivity contribution in [2.24, 2.45) is 0 Å². The Kier molecular flexibility index (Phi) is 6.54. The second-order valence-corrected chi connectivity index (χ2v) is 7.81. The summed E-state index contributed by atoms with van der Waals surface area (Å²) in [5.74, 6) is 0.618. The van der Waals surface area contributed by atoms with E-state index in [0.29, 0.717) is 21.4 Å². The molecule has 5 nitrogen and oxygen atoms in total. The number of nitrogens with zero attached hydrogens (tertiary/aromatic N) is 2. The van der Waals surface area contributed by atoms with Crippen LogP contribution >= 0.6 is 35.4 Å². The molecule has 3 rings (SSSR count). The van der Waals surface area contributed by atoms with Crippen LogP contribution in [0.1, 0.15) is 30.5 Å². The second-order valence-electron chi connectivity index (χ2n) is 6.58. The van der Waals surface area contributed by atoms with Crippen molar-refractivity contribution in [3.8, 4) is 11.4 Å². The monoisotopic (exact) mass is 434 g/mol. The number of hydrogen-bond acceptors (Lipinski definition) is 3. The molecule has 2 aromatic carbocycles. The number of benzene rings is 2. The zero-order valence-electron chi connectivity index (χ0n) is 15.5. The molecule has 1 amide bonds. The Hall–Kier alpha value is -2.15. The maximum atomic E-state index is 12.5. The normalized spacial score (nSPS) is 12.0. The molecule has 0 aliphatic heterocycles. The van der Waals surface area contributed by atoms with Crippen molar-refractivity contribution in [2.75, 3.05) is 0 Å². The number of carbonyl (C=O) groups excluding carboxylic acids is 1. The molecule has 0 saturated carbocycles. The topological polar surface area (TPSA) is 62.7 Å². The van der Waals surface area contributed by atoms with Gasteiger partial charge in [-0.05, 0) is 49.8 Å². The van der Waals surface area contributed by atoms with E-state index < -0.39 is 0 Å². The lowest BCUT2D eigenvalue weighted by Gasteiger charge is -2.16. The van der Waals surface area contributed by atoms with Crippen LogP contribution in [0.4, 0.5) is 0 Å². The molecular formula is C20H20Cl2N4OS. The number of amides is 1. The number of aromatic amines is 1. The maximum Gasteiger partial charge on any atom is 0.222 e. The van der Waals surface area contributed by atoms with E-state index >= 15 is 0 Å². The Morgan fingerprint density at radius 1 is 1.29 bits per heavy atom. The Labute approximate surface area is 178 Å². The van der Waals surface area contributed by atoms with Crippen molar-refractivity contribution in [2.45, 2.75) is 32.9 Å². The van der Waals surface area contributed by atoms with E-state index in [2.05, 4.69) is 15.5 Å². The van der Waals surface area contributed by atoms with Crippen molar-refractivity contribution >= 4 is 41.3 Å². The van der Waals surface area contributed by atoms with Crippen LogP contribution in [0.25, 0.3) is 11.4 Å². The number of aryl methyl sites for hydroxylation is 1. The largest absolute Gasteiger partial charge is 0.349 e. The number of halogens is 2. The highest BCUT2D eigenvalue weighted by molar-refractivity contribution is 7.71. The van der Waals surface area contributed by atoms with Gasteiger partial charge in [0.1, 0.15) is 0 Å². The van der Waals surface area contributed by atoms with Gasteiger partial charge in [-0.3, -0.25) is 14.5 Å². The molecule has 3 aromatic rings. The van der Waals surface area contributed by atoms with E-state index in [0.717, 1.165) is 22.5 Å². The van der Waals surface area contributed by atoms with Gasteiger partial charge < -0.3 is 5.32 Å². The quantitative estimate of drug-likeness (QED) is 0.504. The predicted molar refractivity (Wildman–Crippen MR) is 115 cm³/mol. The Morgan fingerprint density at radius 3 is 2.79 bits per heavy atom. The standard InChI is InChI=1S/C20H20Cl2N4OS/c1-12-4-3-5-14(10-12)19-24-25-20(28)26(19)9-8-18(27)23-13(2)16-7-6-15(21)11-17(16)22/h3-7,10-11,13H,8-9H2,1-2H3,(H,23,27)(H,25,28)/t13-/m1/s1. The number of aromatic nitrogens is 3. The van der Waals surface area contributed by atoms with Crippen molar-refractivity contribution in [1.82, 2.24) is 20.1 Å². The number of rotatable bonds is 6. The van der Waals surface area contributed by atoms with E-state index in [9.17, 15) is 4.79 Å². The molecule has 146 valence electrons. The molecule has 1 aromatic heterocycles. The summed E-state index contributed by atoms with van der Waals surface area (Å²) in [7, 11) is 0. The van der Waals surface area contributed by atoms with Gasteiger partial charge >= 0.3 is 0 Å². The minimum atomic E-state index is -0.231. The van der Waals surface area contributed by atoms with Crippen molar-refractivity contribution < 1.29 is 4.79 Å². The van der Waals surface area contributed by atoms with Crippen LogP contribution in [0.3, 0.4) is 0 Å². The van der Waals surface area contributed by atoms with E-state index in [1.54, 1.807) is 12.1 Å². The molecule has 0 aliphatic carbocycles. The first-order chi connectivity index (χ1) is 13.3. The number of carbonyl (C=O) groups is 1. The Balaban J connectivity index is 1.68. The summed E-state index contributed by atoms with van der Waals surface area (Å²) in [4.78, 5) is 12.5. The summed E-state index contributed by atoms with van der Waals surface area (Å²) in [6, 6.07) is 13.0. The molecule has 2 N–H and O–H groups in total. The minimum Gasteiger partial charge on any atom is -0.349 e. The fourth-order valence-electron chi connectivity index (χ4n) is 2.99. The minimum absolute atomic E-state index is 0.100. The first kappa shape index (κ1) is 20.6. The van der Waals surface area contributed by atoms with Crippen LogP contribution in [-0.2, 0) is 11.3 Å². The van der Waals surface area contributed by atoms with E-state index in [4.69, 9.17) is 35.4 Å². The Bertz CT molecular complexity index is 1060. The highest BCUT2D eigenvalue weighted by Gasteiger charge is 2.15. The molecule has 8 heteroatoms. The molecule has 1 heterocycles. The third-order valence-corrected chi connectivity index (χ3v) is 5.28. The molecule has 1 atom stereocenters. The Morgan fingerprint density at radius 2 is 2.07 bits per heavy atom. The van der Waals surface area contributed by atoms with Crippen LogP contribution in [0.5, 0.6) is 0 Å². The van der Waals surface area contributed by atoms with Crippen LogP contribution < -0.4 is 5.32 Å². The SMILES string of the molecule is Cc1cccc(-c2n[nH]c(=S)n2CCC(=O)N[C@H](C)c2ccc(Cl)cc2Cl)c1. The lowest BCUT2D eigenvalue weighted by Crippen LogP contribution is -2.27. The fraction of sp³-hybridized carbons (Fsp3) is 0.250. The molecule has 0 bridgehead atoms. The van der Waals surface area contributed by atoms with Gasteiger partial charge in [-0.1, -0.05) is 53.0 Å². The van der Waals surface area contributed by atoms with Gasteiger partial charge in [0.2, 0.25) is 5.91 Å². The van der Waals surface area contributed by atoms with Gasteiger partial charge in [0.15, 0.2) is 10.6 Å². The fourth-order valence-corrected chi connectivity index (χ4v) is 3.78. The average Bonchev–Trinajstić information content (AvgIpc) is 3.00. The van der Waals surface area contributed by atoms with Gasteiger partial charge in [-0.25, -0.2) is 0 Å². The molecule has 28 heavy (non-hydrogen) atoms. The van der Waals surface area contributed by atoms with Gasteiger partial charge in [0.25, 0.3) is 0 Å². The third kappa shape index (κ3) is 4.82. The molecular weight excluding hydrogens is 415 g/mol. The summed E-state index contributed by atoms with van der Waals surface area (Å²) >= 11 is 17.5. The van der Waals surface area contributed by atoms with Gasteiger partial charge in [0, 0.05) is 28.6 Å². The number of H-pyrrole nitrogens is 1. The smallest absolute Gasteiger partial charge is 0.222 e. The average molecular weight is 435 g/mol. The van der Waals surface area contributed by atoms with Crippen LogP contribution in [0.2, 0.25) is 10.0 Å². The summed E-state index contributed by atoms with van der Waals surface area (Å²) in [5, 5.41) is 11.2. The lowest BCUT2D eigenvalue weighted by molar-refractivity contribution is -0.121. The van der Waals surface area contributed by atoms with Crippen LogP contribution in [0.15, 0.2) is 42.5 Å². The van der Waals surface area contributed by atoms with Crippen LogP contribution in [-0.4, -0.2) is 20.7 Å². The zero-order chi connectivity index (χ0) is 20.3. The highest BCUT2D eigenvalue weighted by Crippen LogP contribution is 2.26. The lowest BCUT2D eigenvalue weighted by atomic mass is 10.1. The van der Waals surface area contributed by atoms with Gasteiger partial charge in [-0.15, -0.1) is 0 Å². The summed E-state index contributed by atoms with van der Waals surface area (Å²) in [6.45, 7) is 4.33. The highest BCUT2D eigenvalue weighted by atomic mass is 35.5.